The van der Waals surface area contributed by atoms with Crippen LogP contribution in [0.15, 0.2) is 29.1 Å². The predicted octanol–water partition coefficient (Wildman–Crippen LogP) is 0.932. The lowest BCUT2D eigenvalue weighted by Crippen LogP contribution is -2.42. The minimum absolute atomic E-state index is 0.137. The molecule has 18 heavy (non-hydrogen) atoms. The maximum Gasteiger partial charge on any atom is 0.117 e. The van der Waals surface area contributed by atoms with Gasteiger partial charge in [0.2, 0.25) is 0 Å². The van der Waals surface area contributed by atoms with Crippen molar-refractivity contribution in [2.24, 2.45) is 7.05 Å². The Morgan fingerprint density at radius 3 is 3.17 bits per heavy atom. The molecule has 3 rings (SSSR count). The molecule has 5 heteroatoms. The Labute approximate surface area is 106 Å². The number of rotatable bonds is 3. The number of hydrogen-bond donors (Lipinski definition) is 1. The Morgan fingerprint density at radius 2 is 2.44 bits per heavy atom. The van der Waals surface area contributed by atoms with Gasteiger partial charge in [0.1, 0.15) is 5.76 Å². The highest BCUT2D eigenvalue weighted by Crippen LogP contribution is 2.23. The standard InChI is InChI=1S/C13H17N3O2/c1-15-9-14-12-7-16(6-11-3-2-4-18-11)10(8-17)5-13(12)15/h2-4,9-10,17H,5-8H2,1H3/t10-/m0/s1. The smallest absolute Gasteiger partial charge is 0.117 e. The summed E-state index contributed by atoms with van der Waals surface area (Å²) in [7, 11) is 2.00. The van der Waals surface area contributed by atoms with Crippen molar-refractivity contribution in [3.8, 4) is 0 Å². The van der Waals surface area contributed by atoms with Crippen LogP contribution in [0.2, 0.25) is 0 Å². The van der Waals surface area contributed by atoms with Gasteiger partial charge in [-0.1, -0.05) is 0 Å². The van der Waals surface area contributed by atoms with Crippen LogP contribution in [0.25, 0.3) is 0 Å². The number of aliphatic hydroxyl groups is 1. The molecule has 96 valence electrons. The van der Waals surface area contributed by atoms with Gasteiger partial charge in [-0.3, -0.25) is 4.90 Å². The van der Waals surface area contributed by atoms with Crippen molar-refractivity contribution in [2.45, 2.75) is 25.6 Å². The Kier molecular flexibility index (Phi) is 2.93. The summed E-state index contributed by atoms with van der Waals surface area (Å²) < 4.78 is 7.42. The molecule has 0 spiro atoms. The third kappa shape index (κ3) is 1.95. The number of aliphatic hydroxyl groups excluding tert-OH is 1. The van der Waals surface area contributed by atoms with Gasteiger partial charge in [-0.25, -0.2) is 4.98 Å². The van der Waals surface area contributed by atoms with E-state index in [1.807, 2.05) is 30.1 Å². The molecule has 2 aromatic heterocycles. The minimum Gasteiger partial charge on any atom is -0.468 e. The van der Waals surface area contributed by atoms with E-state index < -0.39 is 0 Å². The van der Waals surface area contributed by atoms with E-state index in [1.165, 1.54) is 5.69 Å². The number of imidazole rings is 1. The van der Waals surface area contributed by atoms with Crippen LogP contribution in [-0.4, -0.2) is 32.2 Å². The first kappa shape index (κ1) is 11.5. The number of fused-ring (bicyclic) bond motifs is 1. The van der Waals surface area contributed by atoms with Crippen molar-refractivity contribution in [1.29, 1.82) is 0 Å². The number of aromatic nitrogens is 2. The highest BCUT2D eigenvalue weighted by Gasteiger charge is 2.28. The summed E-state index contributed by atoms with van der Waals surface area (Å²) in [6.07, 6.45) is 4.36. The number of nitrogens with zero attached hydrogens (tertiary/aromatic N) is 3. The van der Waals surface area contributed by atoms with Gasteiger partial charge in [-0.05, 0) is 12.1 Å². The van der Waals surface area contributed by atoms with Gasteiger partial charge >= 0.3 is 0 Å². The van der Waals surface area contributed by atoms with Gasteiger partial charge in [0.25, 0.3) is 0 Å². The second kappa shape index (κ2) is 4.59. The molecular formula is C13H17N3O2. The fourth-order valence-electron chi connectivity index (χ4n) is 2.54. The summed E-state index contributed by atoms with van der Waals surface area (Å²) in [5.41, 5.74) is 2.33. The van der Waals surface area contributed by atoms with Gasteiger partial charge in [0, 0.05) is 31.7 Å². The van der Waals surface area contributed by atoms with E-state index in [2.05, 4.69) is 9.88 Å². The first-order chi connectivity index (χ1) is 8.78. The van der Waals surface area contributed by atoms with E-state index in [1.54, 1.807) is 6.26 Å². The van der Waals surface area contributed by atoms with Crippen molar-refractivity contribution >= 4 is 0 Å². The highest BCUT2D eigenvalue weighted by molar-refractivity contribution is 5.18. The molecule has 0 aliphatic carbocycles. The van der Waals surface area contributed by atoms with Crippen LogP contribution < -0.4 is 0 Å². The predicted molar refractivity (Wildman–Crippen MR) is 65.7 cm³/mol. The van der Waals surface area contributed by atoms with Crippen LogP contribution in [0.1, 0.15) is 17.1 Å². The molecule has 0 saturated heterocycles. The first-order valence-electron chi connectivity index (χ1n) is 6.14. The monoisotopic (exact) mass is 247 g/mol. The molecule has 0 bridgehead atoms. The van der Waals surface area contributed by atoms with Crippen LogP contribution in [0, 0.1) is 0 Å². The van der Waals surface area contributed by atoms with Gasteiger partial charge < -0.3 is 14.1 Å². The molecular weight excluding hydrogens is 230 g/mol. The maximum absolute atomic E-state index is 9.54. The molecule has 1 atom stereocenters. The van der Waals surface area contributed by atoms with Crippen LogP contribution >= 0.6 is 0 Å². The van der Waals surface area contributed by atoms with Crippen LogP contribution in [0.5, 0.6) is 0 Å². The van der Waals surface area contributed by atoms with Gasteiger partial charge in [-0.15, -0.1) is 0 Å². The average molecular weight is 247 g/mol. The lowest BCUT2D eigenvalue weighted by molar-refractivity contribution is 0.0903. The number of hydrogen-bond acceptors (Lipinski definition) is 4. The van der Waals surface area contributed by atoms with Gasteiger partial charge in [-0.2, -0.15) is 0 Å². The summed E-state index contributed by atoms with van der Waals surface area (Å²) in [5, 5.41) is 9.54. The molecule has 1 N–H and O–H groups in total. The van der Waals surface area contributed by atoms with Crippen LogP contribution in [0.3, 0.4) is 0 Å². The topological polar surface area (TPSA) is 54.4 Å². The molecule has 3 heterocycles. The third-order valence-corrected chi connectivity index (χ3v) is 3.59. The normalized spacial score (nSPS) is 20.0. The molecule has 0 amide bonds. The second-order valence-electron chi connectivity index (χ2n) is 4.77. The van der Waals surface area contributed by atoms with Crippen molar-refractivity contribution in [1.82, 2.24) is 14.5 Å². The molecule has 0 aromatic carbocycles. The van der Waals surface area contributed by atoms with E-state index >= 15 is 0 Å². The van der Waals surface area contributed by atoms with Crippen molar-refractivity contribution in [3.63, 3.8) is 0 Å². The van der Waals surface area contributed by atoms with E-state index in [0.717, 1.165) is 24.4 Å². The first-order valence-corrected chi connectivity index (χ1v) is 6.14. The Balaban J connectivity index is 1.82. The van der Waals surface area contributed by atoms with Crippen LogP contribution in [0.4, 0.5) is 0 Å². The van der Waals surface area contributed by atoms with E-state index in [4.69, 9.17) is 4.42 Å². The molecule has 0 saturated carbocycles. The fourth-order valence-corrected chi connectivity index (χ4v) is 2.54. The zero-order valence-corrected chi connectivity index (χ0v) is 10.4. The molecule has 0 unspecified atom stereocenters. The summed E-state index contributed by atoms with van der Waals surface area (Å²) in [6, 6.07) is 3.99. The van der Waals surface area contributed by atoms with Crippen molar-refractivity contribution in [3.05, 3.63) is 41.9 Å². The summed E-state index contributed by atoms with van der Waals surface area (Å²) >= 11 is 0. The maximum atomic E-state index is 9.54. The van der Waals surface area contributed by atoms with Gasteiger partial charge in [0.15, 0.2) is 0 Å². The van der Waals surface area contributed by atoms with Crippen LogP contribution in [-0.2, 0) is 26.6 Å². The van der Waals surface area contributed by atoms with E-state index in [9.17, 15) is 5.11 Å². The van der Waals surface area contributed by atoms with E-state index in [0.29, 0.717) is 6.54 Å². The second-order valence-corrected chi connectivity index (χ2v) is 4.77. The summed E-state index contributed by atoms with van der Waals surface area (Å²) in [4.78, 5) is 6.63. The zero-order chi connectivity index (χ0) is 12.5. The molecule has 5 nitrogen and oxygen atoms in total. The Bertz CT molecular complexity index is 518. The molecule has 2 aromatic rings. The lowest BCUT2D eigenvalue weighted by atomic mass is 10.0. The molecule has 1 aliphatic heterocycles. The Morgan fingerprint density at radius 1 is 1.56 bits per heavy atom. The van der Waals surface area contributed by atoms with E-state index in [-0.39, 0.29) is 12.6 Å². The quantitative estimate of drug-likeness (QED) is 0.876. The number of aryl methyl sites for hydroxylation is 1. The molecule has 1 aliphatic rings. The molecule has 0 radical (unpaired) electrons. The van der Waals surface area contributed by atoms with Gasteiger partial charge in [0.05, 0.1) is 31.4 Å². The van der Waals surface area contributed by atoms with Crippen molar-refractivity contribution in [2.75, 3.05) is 6.61 Å². The SMILES string of the molecule is Cn1cnc2c1C[C@@H](CO)N(Cc1ccco1)C2. The largest absolute Gasteiger partial charge is 0.468 e. The highest BCUT2D eigenvalue weighted by atomic mass is 16.3. The Hall–Kier alpha value is -1.59. The average Bonchev–Trinajstić information content (AvgIpc) is 2.99. The lowest BCUT2D eigenvalue weighted by Gasteiger charge is -2.33. The number of furan rings is 1. The minimum atomic E-state index is 0.137. The fraction of sp³-hybridized carbons (Fsp3) is 0.462. The summed E-state index contributed by atoms with van der Waals surface area (Å²) in [5.74, 6) is 0.924. The zero-order valence-electron chi connectivity index (χ0n) is 10.4. The third-order valence-electron chi connectivity index (χ3n) is 3.59. The van der Waals surface area contributed by atoms with Crippen molar-refractivity contribution < 1.29 is 9.52 Å². The molecule has 0 fully saturated rings. The summed E-state index contributed by atoms with van der Waals surface area (Å²) in [6.45, 7) is 1.64.